The summed E-state index contributed by atoms with van der Waals surface area (Å²) in [5.74, 6) is 0.598. The molecule has 0 aliphatic rings. The summed E-state index contributed by atoms with van der Waals surface area (Å²) in [4.78, 5) is 15.7. The smallest absolute Gasteiger partial charge is 0.223 e. The van der Waals surface area contributed by atoms with Crippen molar-refractivity contribution in [2.24, 2.45) is 18.9 Å². The lowest BCUT2D eigenvalue weighted by molar-refractivity contribution is -0.125. The Morgan fingerprint density at radius 3 is 2.69 bits per heavy atom. The third-order valence-electron chi connectivity index (χ3n) is 3.01. The number of hydrogen-bond acceptors (Lipinski definition) is 2. The molecule has 1 aromatic rings. The fourth-order valence-electron chi connectivity index (χ4n) is 1.40. The highest BCUT2D eigenvalue weighted by molar-refractivity contribution is 5.78. The average molecular weight is 223 g/mol. The maximum atomic E-state index is 11.7. The van der Waals surface area contributed by atoms with E-state index in [-0.39, 0.29) is 11.8 Å². The van der Waals surface area contributed by atoms with Crippen molar-refractivity contribution in [2.45, 2.75) is 27.2 Å². The van der Waals surface area contributed by atoms with E-state index >= 15 is 0 Å². The minimum absolute atomic E-state index is 0.0755. The predicted molar refractivity (Wildman–Crippen MR) is 63.9 cm³/mol. The summed E-state index contributed by atoms with van der Waals surface area (Å²) in [6, 6.07) is 0. The van der Waals surface area contributed by atoms with Crippen LogP contribution in [0.2, 0.25) is 0 Å². The van der Waals surface area contributed by atoms with Crippen LogP contribution in [0.25, 0.3) is 0 Å². The zero-order valence-electron chi connectivity index (χ0n) is 10.5. The van der Waals surface area contributed by atoms with E-state index in [1.165, 1.54) is 0 Å². The Balaban J connectivity index is 2.31. The molecule has 0 aromatic carbocycles. The Morgan fingerprint density at radius 2 is 2.19 bits per heavy atom. The van der Waals surface area contributed by atoms with Gasteiger partial charge in [-0.2, -0.15) is 0 Å². The van der Waals surface area contributed by atoms with Crippen LogP contribution < -0.4 is 5.32 Å². The van der Waals surface area contributed by atoms with Crippen molar-refractivity contribution in [1.29, 1.82) is 0 Å². The minimum atomic E-state index is 0.0755. The molecule has 16 heavy (non-hydrogen) atoms. The lowest BCUT2D eigenvalue weighted by atomic mass is 9.97. The van der Waals surface area contributed by atoms with Crippen LogP contribution in [0.3, 0.4) is 0 Å². The van der Waals surface area contributed by atoms with Crippen LogP contribution in [0.5, 0.6) is 0 Å². The summed E-state index contributed by atoms with van der Waals surface area (Å²) >= 11 is 0. The first-order chi connectivity index (χ1) is 7.52. The van der Waals surface area contributed by atoms with Crippen molar-refractivity contribution in [1.82, 2.24) is 14.9 Å². The van der Waals surface area contributed by atoms with Gasteiger partial charge in [0.25, 0.3) is 0 Å². The number of amides is 1. The Kier molecular flexibility index (Phi) is 4.52. The third-order valence-corrected chi connectivity index (χ3v) is 3.01. The van der Waals surface area contributed by atoms with Gasteiger partial charge in [-0.05, 0) is 5.92 Å². The van der Waals surface area contributed by atoms with Gasteiger partial charge >= 0.3 is 0 Å². The number of aromatic nitrogens is 2. The second-order valence-corrected chi connectivity index (χ2v) is 4.57. The van der Waals surface area contributed by atoms with E-state index in [0.29, 0.717) is 12.5 Å². The zero-order chi connectivity index (χ0) is 12.1. The molecule has 0 unspecified atom stereocenters. The number of rotatable bonds is 5. The fraction of sp³-hybridized carbons (Fsp3) is 0.667. The highest BCUT2D eigenvalue weighted by Gasteiger charge is 2.15. The summed E-state index contributed by atoms with van der Waals surface area (Å²) in [7, 11) is 1.96. The van der Waals surface area contributed by atoms with E-state index in [9.17, 15) is 4.79 Å². The second kappa shape index (κ2) is 5.68. The fourth-order valence-corrected chi connectivity index (χ4v) is 1.40. The second-order valence-electron chi connectivity index (χ2n) is 4.57. The first-order valence-electron chi connectivity index (χ1n) is 5.75. The van der Waals surface area contributed by atoms with Crippen LogP contribution in [0.4, 0.5) is 0 Å². The molecule has 1 atom stereocenters. The van der Waals surface area contributed by atoms with Gasteiger partial charge in [0.2, 0.25) is 5.91 Å². The van der Waals surface area contributed by atoms with Gasteiger partial charge in [0.05, 0.1) is 6.33 Å². The number of hydrogen-bond donors (Lipinski definition) is 1. The quantitative estimate of drug-likeness (QED) is 0.819. The predicted octanol–water partition coefficient (Wildman–Crippen LogP) is 1.37. The first-order valence-corrected chi connectivity index (χ1v) is 5.75. The van der Waals surface area contributed by atoms with Gasteiger partial charge in [-0.3, -0.25) is 4.79 Å². The van der Waals surface area contributed by atoms with Gasteiger partial charge in [-0.15, -0.1) is 0 Å². The molecule has 0 aliphatic carbocycles. The molecule has 1 heterocycles. The van der Waals surface area contributed by atoms with Gasteiger partial charge in [-0.1, -0.05) is 20.8 Å². The maximum Gasteiger partial charge on any atom is 0.223 e. The van der Waals surface area contributed by atoms with Gasteiger partial charge < -0.3 is 9.88 Å². The van der Waals surface area contributed by atoms with Crippen molar-refractivity contribution in [2.75, 3.05) is 6.54 Å². The molecule has 0 radical (unpaired) electrons. The molecule has 90 valence electrons. The highest BCUT2D eigenvalue weighted by Crippen LogP contribution is 2.09. The van der Waals surface area contributed by atoms with Gasteiger partial charge in [0.1, 0.15) is 0 Å². The van der Waals surface area contributed by atoms with E-state index in [2.05, 4.69) is 24.1 Å². The van der Waals surface area contributed by atoms with E-state index in [0.717, 1.165) is 12.1 Å². The Hall–Kier alpha value is -1.32. The Bertz CT molecular complexity index is 344. The molecule has 0 fully saturated rings. The van der Waals surface area contributed by atoms with Crippen molar-refractivity contribution in [3.63, 3.8) is 0 Å². The first kappa shape index (κ1) is 12.7. The van der Waals surface area contributed by atoms with E-state index < -0.39 is 0 Å². The van der Waals surface area contributed by atoms with Crippen LogP contribution >= 0.6 is 0 Å². The molecule has 1 aromatic heterocycles. The number of imidazole rings is 1. The van der Waals surface area contributed by atoms with Crippen molar-refractivity contribution < 1.29 is 4.79 Å². The molecule has 1 N–H and O–H groups in total. The molecule has 0 saturated heterocycles. The minimum Gasteiger partial charge on any atom is -0.355 e. The van der Waals surface area contributed by atoms with E-state index in [1.807, 2.05) is 24.7 Å². The molecule has 1 amide bonds. The van der Waals surface area contributed by atoms with Crippen molar-refractivity contribution in [3.05, 3.63) is 18.2 Å². The largest absolute Gasteiger partial charge is 0.355 e. The summed E-state index contributed by atoms with van der Waals surface area (Å²) in [6.45, 7) is 6.76. The Labute approximate surface area is 97.1 Å². The third kappa shape index (κ3) is 3.36. The number of aryl methyl sites for hydroxylation is 1. The SMILES string of the molecule is CC(C)[C@H](C)C(=O)NCCc1cncn1C. The average Bonchev–Trinajstić information content (AvgIpc) is 2.63. The van der Waals surface area contributed by atoms with Gasteiger partial charge in [0, 0.05) is 37.8 Å². The molecule has 0 bridgehead atoms. The van der Waals surface area contributed by atoms with Crippen LogP contribution in [0.1, 0.15) is 26.5 Å². The summed E-state index contributed by atoms with van der Waals surface area (Å²) < 4.78 is 1.97. The standard InChI is InChI=1S/C12H21N3O/c1-9(2)10(3)12(16)14-6-5-11-7-13-8-15(11)4/h7-10H,5-6H2,1-4H3,(H,14,16)/t10-/m0/s1. The van der Waals surface area contributed by atoms with Gasteiger partial charge in [-0.25, -0.2) is 4.98 Å². The van der Waals surface area contributed by atoms with Gasteiger partial charge in [0.15, 0.2) is 0 Å². The highest BCUT2D eigenvalue weighted by atomic mass is 16.1. The van der Waals surface area contributed by atoms with Crippen molar-refractivity contribution >= 4 is 5.91 Å². The van der Waals surface area contributed by atoms with Crippen LogP contribution in [-0.4, -0.2) is 22.0 Å². The number of nitrogens with zero attached hydrogens (tertiary/aromatic N) is 2. The zero-order valence-corrected chi connectivity index (χ0v) is 10.5. The van der Waals surface area contributed by atoms with Crippen molar-refractivity contribution in [3.8, 4) is 0 Å². The maximum absolute atomic E-state index is 11.7. The summed E-state index contributed by atoms with van der Waals surface area (Å²) in [6.07, 6.45) is 4.43. The molecule has 4 nitrogen and oxygen atoms in total. The summed E-state index contributed by atoms with van der Waals surface area (Å²) in [5.41, 5.74) is 1.14. The normalized spacial score (nSPS) is 12.8. The van der Waals surface area contributed by atoms with E-state index in [4.69, 9.17) is 0 Å². The topological polar surface area (TPSA) is 46.9 Å². The number of carbonyl (C=O) groups excluding carboxylic acids is 1. The molecule has 0 aliphatic heterocycles. The monoisotopic (exact) mass is 223 g/mol. The number of nitrogens with one attached hydrogen (secondary N) is 1. The molecule has 4 heteroatoms. The molecule has 0 spiro atoms. The van der Waals surface area contributed by atoms with E-state index in [1.54, 1.807) is 6.33 Å². The molecular formula is C12H21N3O. The van der Waals surface area contributed by atoms with Crippen LogP contribution in [0, 0.1) is 11.8 Å². The van der Waals surface area contributed by atoms with Crippen LogP contribution in [0.15, 0.2) is 12.5 Å². The number of carbonyl (C=O) groups is 1. The molecular weight excluding hydrogens is 202 g/mol. The lowest BCUT2D eigenvalue weighted by Crippen LogP contribution is -2.33. The summed E-state index contributed by atoms with van der Waals surface area (Å²) in [5, 5.41) is 2.95. The molecule has 1 rings (SSSR count). The Morgan fingerprint density at radius 1 is 1.50 bits per heavy atom. The lowest BCUT2D eigenvalue weighted by Gasteiger charge is -2.15. The van der Waals surface area contributed by atoms with Crippen LogP contribution in [-0.2, 0) is 18.3 Å². The molecule has 0 saturated carbocycles.